The number of pyridine rings is 1. The van der Waals surface area contributed by atoms with Crippen molar-refractivity contribution in [2.24, 2.45) is 0 Å². The Morgan fingerprint density at radius 2 is 1.87 bits per heavy atom. The lowest BCUT2D eigenvalue weighted by Gasteiger charge is -2.34. The highest BCUT2D eigenvalue weighted by Crippen LogP contribution is 2.39. The van der Waals surface area contributed by atoms with Crippen molar-refractivity contribution in [3.05, 3.63) is 83.7 Å². The van der Waals surface area contributed by atoms with Crippen LogP contribution in [0.3, 0.4) is 0 Å². The number of aliphatic hydroxyl groups is 1. The summed E-state index contributed by atoms with van der Waals surface area (Å²) in [6.07, 6.45) is 2.43. The fraction of sp³-hybridized carbons (Fsp3) is 0.346. The number of rotatable bonds is 9. The Morgan fingerprint density at radius 3 is 2.55 bits per heavy atom. The molecule has 0 fully saturated rings. The van der Waals surface area contributed by atoms with Crippen LogP contribution >= 0.6 is 0 Å². The fourth-order valence-corrected chi connectivity index (χ4v) is 5.53. The summed E-state index contributed by atoms with van der Waals surface area (Å²) in [6, 6.07) is 17.1. The van der Waals surface area contributed by atoms with Crippen LogP contribution in [0.2, 0.25) is 0 Å². The molecule has 2 heterocycles. The minimum atomic E-state index is -5.66. The maximum Gasteiger partial charge on any atom is 0.511 e. The molecule has 3 N–H and O–H groups in total. The van der Waals surface area contributed by atoms with Crippen LogP contribution in [0.15, 0.2) is 66.9 Å². The topological polar surface area (TPSA) is 109 Å². The molecule has 3 aromatic rings. The number of benzene rings is 2. The lowest BCUT2D eigenvalue weighted by molar-refractivity contribution is -0.0492. The molecule has 1 aliphatic rings. The summed E-state index contributed by atoms with van der Waals surface area (Å²) in [6.45, 7) is -1.17. The van der Waals surface area contributed by atoms with Crippen molar-refractivity contribution in [2.45, 2.75) is 37.5 Å². The number of hydrogen-bond donors (Lipinski definition) is 2. The summed E-state index contributed by atoms with van der Waals surface area (Å²) in [5.41, 5.74) is 3.32. The van der Waals surface area contributed by atoms with Crippen LogP contribution in [0.5, 0.6) is 5.75 Å². The van der Waals surface area contributed by atoms with Crippen LogP contribution in [-0.2, 0) is 29.5 Å². The third-order valence-corrected chi connectivity index (χ3v) is 7.91. The molecule has 0 unspecified atom stereocenters. The predicted molar refractivity (Wildman–Crippen MR) is 138 cm³/mol. The first kappa shape index (κ1) is 27.7. The van der Waals surface area contributed by atoms with Gasteiger partial charge in [-0.15, -0.1) is 0 Å². The smallest absolute Gasteiger partial charge is 0.491 e. The number of halogens is 3. The van der Waals surface area contributed by atoms with E-state index in [0.717, 1.165) is 5.56 Å². The maximum absolute atomic E-state index is 13.8. The Hall–Kier alpha value is -3.35. The number of hydrogen-bond acceptors (Lipinski definition) is 7. The molecule has 1 aliphatic heterocycles. The summed E-state index contributed by atoms with van der Waals surface area (Å²) in [5, 5.41) is 9.26. The second-order valence-corrected chi connectivity index (χ2v) is 10.9. The molecule has 0 bridgehead atoms. The molecule has 0 saturated carbocycles. The fourth-order valence-electron chi connectivity index (χ4n) is 4.57. The van der Waals surface area contributed by atoms with E-state index in [1.807, 2.05) is 35.2 Å². The third kappa shape index (κ3) is 6.20. The van der Waals surface area contributed by atoms with Gasteiger partial charge in [-0.2, -0.15) is 17.5 Å². The molecule has 204 valence electrons. The highest BCUT2D eigenvalue weighted by atomic mass is 32.2. The van der Waals surface area contributed by atoms with Crippen LogP contribution in [0.25, 0.3) is 0 Å². The van der Waals surface area contributed by atoms with Gasteiger partial charge in [0, 0.05) is 42.3 Å². The number of sulfonamides is 1. The zero-order valence-corrected chi connectivity index (χ0v) is 21.3. The standard InChI is InChI=1S/C26H29F3N4O4S/c27-26(28,29)38(35,36)32-17-22(10-9-19-5-2-1-3-6-19)33(16-21-15-20(30)11-12-31-21)24-7-4-8-25(23(24)18-32)37-14-13-34/h1-8,11-12,15,22,34H,9-10,13-14,16-18H2,(H2,30,31)/t22-/m1/s1. The van der Waals surface area contributed by atoms with Gasteiger partial charge in [0.25, 0.3) is 0 Å². The number of nitrogens with zero attached hydrogens (tertiary/aromatic N) is 3. The monoisotopic (exact) mass is 550 g/mol. The van der Waals surface area contributed by atoms with E-state index in [4.69, 9.17) is 10.5 Å². The van der Waals surface area contributed by atoms with Crippen LogP contribution in [0, 0.1) is 0 Å². The quantitative estimate of drug-likeness (QED) is 0.418. The number of nitrogen functional groups attached to an aromatic ring is 1. The van der Waals surface area contributed by atoms with Gasteiger partial charge in [0.05, 0.1) is 18.8 Å². The molecule has 0 spiro atoms. The highest BCUT2D eigenvalue weighted by molar-refractivity contribution is 7.89. The van der Waals surface area contributed by atoms with Crippen molar-refractivity contribution in [1.82, 2.24) is 9.29 Å². The van der Waals surface area contributed by atoms with E-state index in [9.17, 15) is 26.7 Å². The molecule has 0 amide bonds. The van der Waals surface area contributed by atoms with Gasteiger partial charge in [0.15, 0.2) is 0 Å². The average molecular weight is 551 g/mol. The van der Waals surface area contributed by atoms with Crippen molar-refractivity contribution in [3.63, 3.8) is 0 Å². The number of alkyl halides is 3. The molecule has 38 heavy (non-hydrogen) atoms. The predicted octanol–water partition coefficient (Wildman–Crippen LogP) is 3.71. The van der Waals surface area contributed by atoms with Gasteiger partial charge in [-0.05, 0) is 42.7 Å². The average Bonchev–Trinajstić information content (AvgIpc) is 3.04. The van der Waals surface area contributed by atoms with Gasteiger partial charge in [-0.25, -0.2) is 8.42 Å². The van der Waals surface area contributed by atoms with Crippen LogP contribution in [-0.4, -0.2) is 54.1 Å². The number of anilines is 2. The first-order valence-electron chi connectivity index (χ1n) is 12.0. The molecule has 2 aromatic carbocycles. The number of nitrogens with two attached hydrogens (primary N) is 1. The largest absolute Gasteiger partial charge is 0.511 e. The first-order chi connectivity index (χ1) is 18.1. The third-order valence-electron chi connectivity index (χ3n) is 6.37. The lowest BCUT2D eigenvalue weighted by atomic mass is 10.0. The molecule has 8 nitrogen and oxygen atoms in total. The minimum absolute atomic E-state index is 0.101. The molecule has 1 aromatic heterocycles. The Kier molecular flexibility index (Phi) is 8.44. The van der Waals surface area contributed by atoms with E-state index >= 15 is 0 Å². The normalized spacial score (nSPS) is 16.6. The molecule has 0 saturated heterocycles. The lowest BCUT2D eigenvalue weighted by Crippen LogP contribution is -2.47. The van der Waals surface area contributed by atoms with Crippen LogP contribution in [0.1, 0.15) is 23.2 Å². The van der Waals surface area contributed by atoms with Gasteiger partial charge < -0.3 is 20.5 Å². The van der Waals surface area contributed by atoms with Crippen LogP contribution < -0.4 is 15.4 Å². The van der Waals surface area contributed by atoms with Crippen molar-refractivity contribution in [1.29, 1.82) is 0 Å². The first-order valence-corrected chi connectivity index (χ1v) is 13.5. The van der Waals surface area contributed by atoms with Gasteiger partial charge in [0.2, 0.25) is 0 Å². The van der Waals surface area contributed by atoms with Crippen molar-refractivity contribution < 1.29 is 31.4 Å². The number of ether oxygens (including phenoxy) is 1. The van der Waals surface area contributed by atoms with E-state index in [1.54, 1.807) is 36.5 Å². The van der Waals surface area contributed by atoms with Gasteiger partial charge in [-0.3, -0.25) is 4.98 Å². The zero-order chi connectivity index (χ0) is 27.3. The van der Waals surface area contributed by atoms with Gasteiger partial charge in [0.1, 0.15) is 12.4 Å². The Balaban J connectivity index is 1.83. The second-order valence-electron chi connectivity index (χ2n) is 8.96. The van der Waals surface area contributed by atoms with Crippen molar-refractivity contribution >= 4 is 21.4 Å². The maximum atomic E-state index is 13.8. The summed E-state index contributed by atoms with van der Waals surface area (Å²) >= 11 is 0. The molecule has 0 radical (unpaired) electrons. The van der Waals surface area contributed by atoms with E-state index in [-0.39, 0.29) is 31.1 Å². The Labute approximate surface area is 219 Å². The number of aromatic nitrogens is 1. The summed E-state index contributed by atoms with van der Waals surface area (Å²) < 4.78 is 72.8. The van der Waals surface area contributed by atoms with E-state index in [2.05, 4.69) is 4.98 Å². The SMILES string of the molecule is Nc1ccnc(CN2c3cccc(OCCO)c3CN(S(=O)(=O)C(F)(F)F)C[C@H]2CCc2ccccc2)c1. The minimum Gasteiger partial charge on any atom is -0.491 e. The van der Waals surface area contributed by atoms with Crippen molar-refractivity contribution in [3.8, 4) is 5.75 Å². The molecule has 0 aliphatic carbocycles. The number of aryl methyl sites for hydroxylation is 1. The Morgan fingerprint density at radius 1 is 1.11 bits per heavy atom. The zero-order valence-electron chi connectivity index (χ0n) is 20.5. The van der Waals surface area contributed by atoms with Crippen molar-refractivity contribution in [2.75, 3.05) is 30.4 Å². The van der Waals surface area contributed by atoms with Gasteiger partial charge >= 0.3 is 15.5 Å². The number of aliphatic hydroxyl groups excluding tert-OH is 1. The molecule has 1 atom stereocenters. The van der Waals surface area contributed by atoms with E-state index in [1.165, 1.54) is 0 Å². The highest BCUT2D eigenvalue weighted by Gasteiger charge is 2.51. The molecule has 4 rings (SSSR count). The molecule has 12 heteroatoms. The summed E-state index contributed by atoms with van der Waals surface area (Å²) in [4.78, 5) is 6.24. The number of fused-ring (bicyclic) bond motifs is 1. The molecular formula is C26H29F3N4O4S. The van der Waals surface area contributed by atoms with E-state index < -0.39 is 34.7 Å². The van der Waals surface area contributed by atoms with Crippen LogP contribution in [0.4, 0.5) is 24.5 Å². The summed E-state index contributed by atoms with van der Waals surface area (Å²) in [7, 11) is -5.66. The summed E-state index contributed by atoms with van der Waals surface area (Å²) in [5.74, 6) is 0.202. The second kappa shape index (κ2) is 11.6. The Bertz CT molecular complexity index is 1340. The van der Waals surface area contributed by atoms with E-state index in [0.29, 0.717) is 34.2 Å². The van der Waals surface area contributed by atoms with Gasteiger partial charge in [-0.1, -0.05) is 36.4 Å². The molecular weight excluding hydrogens is 521 g/mol.